The normalized spacial score (nSPS) is 12.3. The van der Waals surface area contributed by atoms with E-state index in [4.69, 9.17) is 10.5 Å². The molecule has 0 amide bonds. The molecule has 0 aliphatic heterocycles. The van der Waals surface area contributed by atoms with Gasteiger partial charge in [0.2, 0.25) is 0 Å². The van der Waals surface area contributed by atoms with E-state index in [1.165, 1.54) is 6.07 Å². The Morgan fingerprint density at radius 3 is 2.80 bits per heavy atom. The molecule has 0 spiro atoms. The van der Waals surface area contributed by atoms with E-state index in [0.717, 1.165) is 0 Å². The van der Waals surface area contributed by atoms with Gasteiger partial charge in [0.05, 0.1) is 0 Å². The van der Waals surface area contributed by atoms with E-state index in [1.54, 1.807) is 19.1 Å². The Balaban J connectivity index is 2.77. The lowest BCUT2D eigenvalue weighted by molar-refractivity contribution is 0.358. The molecule has 1 aromatic rings. The topological polar surface area (TPSA) is 35.2 Å². The van der Waals surface area contributed by atoms with Crippen LogP contribution in [-0.2, 0) is 0 Å². The molecule has 4 heteroatoms. The van der Waals surface area contributed by atoms with Gasteiger partial charge in [-0.1, -0.05) is 28.6 Å². The standard InChI is InChI=1S/C11H13BrFNO/c1-7(12)6-15-9-3-4-10(8(2)14)11(13)5-9/h3-5,8H,1,6,14H2,2H3. The molecule has 1 unspecified atom stereocenters. The van der Waals surface area contributed by atoms with Crippen molar-refractivity contribution in [2.45, 2.75) is 13.0 Å². The highest BCUT2D eigenvalue weighted by molar-refractivity contribution is 9.11. The molecule has 82 valence electrons. The average Bonchev–Trinajstić information content (AvgIpc) is 2.14. The van der Waals surface area contributed by atoms with Crippen LogP contribution in [0.5, 0.6) is 5.75 Å². The van der Waals surface area contributed by atoms with E-state index in [9.17, 15) is 4.39 Å². The number of ether oxygens (including phenoxy) is 1. The van der Waals surface area contributed by atoms with Gasteiger partial charge in [0, 0.05) is 22.2 Å². The average molecular weight is 274 g/mol. The first-order chi connectivity index (χ1) is 7.00. The van der Waals surface area contributed by atoms with Crippen molar-refractivity contribution < 1.29 is 9.13 Å². The van der Waals surface area contributed by atoms with Gasteiger partial charge in [-0.15, -0.1) is 0 Å². The minimum absolute atomic E-state index is 0.315. The van der Waals surface area contributed by atoms with E-state index >= 15 is 0 Å². The quantitative estimate of drug-likeness (QED) is 0.915. The Morgan fingerprint density at radius 1 is 1.67 bits per heavy atom. The molecule has 2 N–H and O–H groups in total. The molecule has 0 aliphatic carbocycles. The number of halogens is 2. The maximum absolute atomic E-state index is 13.4. The van der Waals surface area contributed by atoms with E-state index in [2.05, 4.69) is 22.5 Å². The third-order valence-corrected chi connectivity index (χ3v) is 2.09. The first-order valence-electron chi connectivity index (χ1n) is 4.52. The van der Waals surface area contributed by atoms with Crippen LogP contribution in [0.2, 0.25) is 0 Å². The monoisotopic (exact) mass is 273 g/mol. The van der Waals surface area contributed by atoms with Gasteiger partial charge in [0.25, 0.3) is 0 Å². The van der Waals surface area contributed by atoms with Crippen LogP contribution in [0.3, 0.4) is 0 Å². The van der Waals surface area contributed by atoms with Crippen LogP contribution in [0.4, 0.5) is 4.39 Å². The Morgan fingerprint density at radius 2 is 2.33 bits per heavy atom. The molecule has 0 saturated carbocycles. The summed E-state index contributed by atoms with van der Waals surface area (Å²) in [6, 6.07) is 4.34. The smallest absolute Gasteiger partial charge is 0.131 e. The first-order valence-corrected chi connectivity index (χ1v) is 5.31. The van der Waals surface area contributed by atoms with Crippen molar-refractivity contribution in [2.24, 2.45) is 5.73 Å². The number of hydrogen-bond donors (Lipinski definition) is 1. The summed E-state index contributed by atoms with van der Waals surface area (Å²) in [5, 5.41) is 0. The molecule has 0 bridgehead atoms. The highest BCUT2D eigenvalue weighted by Gasteiger charge is 2.07. The van der Waals surface area contributed by atoms with E-state index in [-0.39, 0.29) is 11.9 Å². The van der Waals surface area contributed by atoms with Gasteiger partial charge in [-0.05, 0) is 13.0 Å². The third-order valence-electron chi connectivity index (χ3n) is 1.86. The zero-order valence-corrected chi connectivity index (χ0v) is 10.1. The van der Waals surface area contributed by atoms with Crippen molar-refractivity contribution in [3.8, 4) is 5.75 Å². The lowest BCUT2D eigenvalue weighted by Gasteiger charge is -2.09. The van der Waals surface area contributed by atoms with Crippen molar-refractivity contribution in [1.82, 2.24) is 0 Å². The Kier molecular flexibility index (Phi) is 4.29. The lowest BCUT2D eigenvalue weighted by atomic mass is 10.1. The van der Waals surface area contributed by atoms with Crippen molar-refractivity contribution in [2.75, 3.05) is 6.61 Å². The second-order valence-corrected chi connectivity index (χ2v) is 4.40. The summed E-state index contributed by atoms with van der Waals surface area (Å²) in [7, 11) is 0. The van der Waals surface area contributed by atoms with Gasteiger partial charge >= 0.3 is 0 Å². The first kappa shape index (κ1) is 12.2. The summed E-state index contributed by atoms with van der Waals surface area (Å²) < 4.78 is 19.4. The second kappa shape index (κ2) is 5.28. The van der Waals surface area contributed by atoms with Gasteiger partial charge in [0.15, 0.2) is 0 Å². The molecular formula is C11H13BrFNO. The summed E-state index contributed by atoms with van der Waals surface area (Å²) in [5.41, 5.74) is 6.07. The fourth-order valence-electron chi connectivity index (χ4n) is 1.13. The summed E-state index contributed by atoms with van der Waals surface area (Å²) in [6.07, 6.45) is 0. The Hall–Kier alpha value is -0.870. The van der Waals surface area contributed by atoms with Crippen molar-refractivity contribution in [1.29, 1.82) is 0 Å². The van der Waals surface area contributed by atoms with Crippen LogP contribution in [0.1, 0.15) is 18.5 Å². The zero-order valence-electron chi connectivity index (χ0n) is 8.47. The number of rotatable bonds is 4. The van der Waals surface area contributed by atoms with E-state index in [1.807, 2.05) is 0 Å². The van der Waals surface area contributed by atoms with Crippen LogP contribution < -0.4 is 10.5 Å². The van der Waals surface area contributed by atoms with Crippen LogP contribution in [0.15, 0.2) is 29.3 Å². The molecule has 2 nitrogen and oxygen atoms in total. The van der Waals surface area contributed by atoms with Crippen LogP contribution in [0, 0.1) is 5.82 Å². The third kappa shape index (κ3) is 3.64. The molecule has 0 aliphatic rings. The van der Waals surface area contributed by atoms with Crippen LogP contribution >= 0.6 is 15.9 Å². The van der Waals surface area contributed by atoms with Gasteiger partial charge < -0.3 is 10.5 Å². The predicted octanol–water partition coefficient (Wildman–Crippen LogP) is 3.13. The summed E-state index contributed by atoms with van der Waals surface area (Å²) >= 11 is 3.15. The van der Waals surface area contributed by atoms with Crippen LogP contribution in [0.25, 0.3) is 0 Å². The highest BCUT2D eigenvalue weighted by atomic mass is 79.9. The van der Waals surface area contributed by atoms with Crippen molar-refractivity contribution in [3.63, 3.8) is 0 Å². The number of nitrogens with two attached hydrogens (primary N) is 1. The highest BCUT2D eigenvalue weighted by Crippen LogP contribution is 2.21. The maximum atomic E-state index is 13.4. The number of hydrogen-bond acceptors (Lipinski definition) is 2. The molecule has 0 heterocycles. The summed E-state index contributed by atoms with van der Waals surface area (Å²) in [5.74, 6) is 0.125. The minimum atomic E-state index is -0.345. The van der Waals surface area contributed by atoms with Gasteiger partial charge in [-0.2, -0.15) is 0 Å². The summed E-state index contributed by atoms with van der Waals surface area (Å²) in [6.45, 7) is 5.67. The van der Waals surface area contributed by atoms with Crippen LogP contribution in [-0.4, -0.2) is 6.61 Å². The van der Waals surface area contributed by atoms with E-state index in [0.29, 0.717) is 22.4 Å². The lowest BCUT2D eigenvalue weighted by Crippen LogP contribution is -2.07. The Labute approximate surface area is 97.1 Å². The number of benzene rings is 1. The molecule has 1 atom stereocenters. The van der Waals surface area contributed by atoms with Crippen molar-refractivity contribution in [3.05, 3.63) is 40.6 Å². The molecule has 1 aromatic carbocycles. The Bertz CT molecular complexity index is 366. The zero-order chi connectivity index (χ0) is 11.4. The SMILES string of the molecule is C=C(Br)COc1ccc(C(C)N)c(F)c1. The fraction of sp³-hybridized carbons (Fsp3) is 0.273. The molecule has 1 rings (SSSR count). The molecular weight excluding hydrogens is 261 g/mol. The largest absolute Gasteiger partial charge is 0.488 e. The molecule has 0 fully saturated rings. The molecule has 0 saturated heterocycles. The predicted molar refractivity (Wildman–Crippen MR) is 62.6 cm³/mol. The van der Waals surface area contributed by atoms with Gasteiger partial charge in [-0.25, -0.2) is 4.39 Å². The fourth-order valence-corrected chi connectivity index (χ4v) is 1.24. The maximum Gasteiger partial charge on any atom is 0.131 e. The molecule has 15 heavy (non-hydrogen) atoms. The summed E-state index contributed by atoms with van der Waals surface area (Å²) in [4.78, 5) is 0. The van der Waals surface area contributed by atoms with E-state index < -0.39 is 0 Å². The second-order valence-electron chi connectivity index (χ2n) is 3.28. The van der Waals surface area contributed by atoms with Crippen molar-refractivity contribution >= 4 is 15.9 Å². The minimum Gasteiger partial charge on any atom is -0.488 e. The molecule has 0 aromatic heterocycles. The van der Waals surface area contributed by atoms with Gasteiger partial charge in [-0.3, -0.25) is 0 Å². The molecule has 0 radical (unpaired) electrons. The van der Waals surface area contributed by atoms with Gasteiger partial charge in [0.1, 0.15) is 18.2 Å².